The second-order valence-corrected chi connectivity index (χ2v) is 6.98. The molecule has 0 atom stereocenters. The molecule has 3 rings (SSSR count). The van der Waals surface area contributed by atoms with E-state index in [1.165, 1.54) is 12.1 Å². The molecular formula is C17H19BrF2N4. The van der Waals surface area contributed by atoms with Crippen LogP contribution in [0.25, 0.3) is 0 Å². The van der Waals surface area contributed by atoms with Crippen molar-refractivity contribution in [3.8, 4) is 0 Å². The molecule has 1 aliphatic rings. The van der Waals surface area contributed by atoms with Crippen molar-refractivity contribution in [2.75, 3.05) is 25.0 Å². The maximum absolute atomic E-state index is 13.3. The molecule has 1 saturated heterocycles. The smallest absolute Gasteiger partial charge is 0.225 e. The third-order valence-electron chi connectivity index (χ3n) is 4.42. The minimum atomic E-state index is -0.798. The van der Waals surface area contributed by atoms with E-state index in [1.54, 1.807) is 18.5 Å². The van der Waals surface area contributed by atoms with Gasteiger partial charge in [-0.2, -0.15) is 0 Å². The number of aromatic nitrogens is 2. The summed E-state index contributed by atoms with van der Waals surface area (Å²) in [5, 5.41) is 0. The van der Waals surface area contributed by atoms with E-state index in [0.717, 1.165) is 41.9 Å². The van der Waals surface area contributed by atoms with Crippen molar-refractivity contribution in [3.63, 3.8) is 0 Å². The van der Waals surface area contributed by atoms with E-state index >= 15 is 0 Å². The number of rotatable bonds is 4. The Hall–Kier alpha value is -1.60. The number of hydrogen-bond donors (Lipinski definition) is 0. The number of anilines is 1. The van der Waals surface area contributed by atoms with Crippen LogP contribution in [0.3, 0.4) is 0 Å². The van der Waals surface area contributed by atoms with Crippen LogP contribution in [0.1, 0.15) is 18.4 Å². The van der Waals surface area contributed by atoms with Crippen molar-refractivity contribution in [1.82, 2.24) is 14.9 Å². The SMILES string of the molecule is CN(c1ncc(Br)cn1)C1CCN(Cc2ccc(F)c(F)c2)CC1. The van der Waals surface area contributed by atoms with Gasteiger partial charge in [0.15, 0.2) is 11.6 Å². The molecule has 128 valence electrons. The van der Waals surface area contributed by atoms with E-state index in [-0.39, 0.29) is 0 Å². The van der Waals surface area contributed by atoms with Gasteiger partial charge in [0.05, 0.1) is 4.47 Å². The second kappa shape index (κ2) is 7.53. The molecule has 24 heavy (non-hydrogen) atoms. The molecule has 0 aliphatic carbocycles. The standard InChI is InChI=1S/C17H19BrF2N4/c1-23(17-21-9-13(18)10-22-17)14-4-6-24(7-5-14)11-12-2-3-15(19)16(20)8-12/h2-3,8-10,14H,4-7,11H2,1H3. The van der Waals surface area contributed by atoms with E-state index < -0.39 is 11.6 Å². The van der Waals surface area contributed by atoms with E-state index in [4.69, 9.17) is 0 Å². The minimum Gasteiger partial charge on any atom is -0.341 e. The Morgan fingerprint density at radius 1 is 1.17 bits per heavy atom. The number of likely N-dealkylation sites (tertiary alicyclic amines) is 1. The van der Waals surface area contributed by atoms with Crippen LogP contribution >= 0.6 is 15.9 Å². The lowest BCUT2D eigenvalue weighted by atomic mass is 10.0. The van der Waals surface area contributed by atoms with Crippen LogP contribution in [0.4, 0.5) is 14.7 Å². The molecule has 7 heteroatoms. The van der Waals surface area contributed by atoms with Crippen LogP contribution in [0, 0.1) is 11.6 Å². The Bertz CT molecular complexity index is 687. The van der Waals surface area contributed by atoms with Gasteiger partial charge < -0.3 is 4.90 Å². The fourth-order valence-corrected chi connectivity index (χ4v) is 3.22. The lowest BCUT2D eigenvalue weighted by molar-refractivity contribution is 0.202. The summed E-state index contributed by atoms with van der Waals surface area (Å²) in [6.07, 6.45) is 5.47. The van der Waals surface area contributed by atoms with E-state index in [1.807, 2.05) is 7.05 Å². The second-order valence-electron chi connectivity index (χ2n) is 6.07. The predicted molar refractivity (Wildman–Crippen MR) is 92.8 cm³/mol. The molecule has 0 N–H and O–H groups in total. The summed E-state index contributed by atoms with van der Waals surface area (Å²) in [7, 11) is 2.01. The van der Waals surface area contributed by atoms with Crippen molar-refractivity contribution in [3.05, 3.63) is 52.3 Å². The number of nitrogens with zero attached hydrogens (tertiary/aromatic N) is 4. The normalized spacial score (nSPS) is 16.3. The highest BCUT2D eigenvalue weighted by Crippen LogP contribution is 2.21. The quantitative estimate of drug-likeness (QED) is 0.789. The summed E-state index contributed by atoms with van der Waals surface area (Å²) in [6, 6.07) is 4.50. The lowest BCUT2D eigenvalue weighted by Gasteiger charge is -2.36. The average Bonchev–Trinajstić information content (AvgIpc) is 2.59. The number of benzene rings is 1. The largest absolute Gasteiger partial charge is 0.341 e. The lowest BCUT2D eigenvalue weighted by Crippen LogP contribution is -2.43. The molecule has 0 radical (unpaired) electrons. The van der Waals surface area contributed by atoms with E-state index in [0.29, 0.717) is 12.6 Å². The van der Waals surface area contributed by atoms with Gasteiger partial charge in [-0.3, -0.25) is 4.90 Å². The molecule has 0 saturated carbocycles. The topological polar surface area (TPSA) is 32.3 Å². The fourth-order valence-electron chi connectivity index (χ4n) is 3.01. The zero-order valence-electron chi connectivity index (χ0n) is 13.4. The zero-order valence-corrected chi connectivity index (χ0v) is 15.0. The van der Waals surface area contributed by atoms with Crippen molar-refractivity contribution >= 4 is 21.9 Å². The van der Waals surface area contributed by atoms with Crippen LogP contribution in [-0.2, 0) is 6.54 Å². The molecule has 2 heterocycles. The number of halogens is 3. The summed E-state index contributed by atoms with van der Waals surface area (Å²) in [6.45, 7) is 2.46. The first kappa shape index (κ1) is 17.2. The summed E-state index contributed by atoms with van der Waals surface area (Å²) >= 11 is 3.34. The van der Waals surface area contributed by atoms with Crippen LogP contribution in [-0.4, -0.2) is 41.0 Å². The van der Waals surface area contributed by atoms with Gasteiger partial charge >= 0.3 is 0 Å². The zero-order chi connectivity index (χ0) is 17.1. The van der Waals surface area contributed by atoms with Gasteiger partial charge in [0.2, 0.25) is 5.95 Å². The van der Waals surface area contributed by atoms with Gasteiger partial charge in [0.25, 0.3) is 0 Å². The monoisotopic (exact) mass is 396 g/mol. The summed E-state index contributed by atoms with van der Waals surface area (Å²) < 4.78 is 27.2. The highest BCUT2D eigenvalue weighted by atomic mass is 79.9. The Morgan fingerprint density at radius 2 is 1.83 bits per heavy atom. The molecule has 1 aromatic carbocycles. The molecule has 2 aromatic rings. The molecule has 0 unspecified atom stereocenters. The summed E-state index contributed by atoms with van der Waals surface area (Å²) in [4.78, 5) is 13.0. The van der Waals surface area contributed by atoms with Crippen molar-refractivity contribution < 1.29 is 8.78 Å². The van der Waals surface area contributed by atoms with Crippen LogP contribution in [0.2, 0.25) is 0 Å². The molecule has 1 aromatic heterocycles. The summed E-state index contributed by atoms with van der Waals surface area (Å²) in [5.74, 6) is -0.861. The van der Waals surface area contributed by atoms with Gasteiger partial charge in [-0.1, -0.05) is 6.07 Å². The first-order chi connectivity index (χ1) is 11.5. The van der Waals surface area contributed by atoms with Crippen molar-refractivity contribution in [2.24, 2.45) is 0 Å². The Morgan fingerprint density at radius 3 is 2.46 bits per heavy atom. The van der Waals surface area contributed by atoms with Gasteiger partial charge in [0.1, 0.15) is 0 Å². The molecule has 0 spiro atoms. The fraction of sp³-hybridized carbons (Fsp3) is 0.412. The molecule has 1 aliphatic heterocycles. The van der Waals surface area contributed by atoms with E-state index in [9.17, 15) is 8.78 Å². The molecule has 4 nitrogen and oxygen atoms in total. The Balaban J connectivity index is 1.55. The van der Waals surface area contributed by atoms with Crippen LogP contribution < -0.4 is 4.90 Å². The van der Waals surface area contributed by atoms with Crippen LogP contribution in [0.15, 0.2) is 35.1 Å². The predicted octanol–water partition coefficient (Wildman–Crippen LogP) is 3.62. The Labute approximate surface area is 148 Å². The maximum Gasteiger partial charge on any atom is 0.225 e. The van der Waals surface area contributed by atoms with Gasteiger partial charge in [-0.25, -0.2) is 18.7 Å². The van der Waals surface area contributed by atoms with Crippen LogP contribution in [0.5, 0.6) is 0 Å². The molecule has 1 fully saturated rings. The minimum absolute atomic E-state index is 0.382. The number of piperidine rings is 1. The average molecular weight is 397 g/mol. The molecule has 0 bridgehead atoms. The highest BCUT2D eigenvalue weighted by Gasteiger charge is 2.24. The van der Waals surface area contributed by atoms with Gasteiger partial charge in [-0.15, -0.1) is 0 Å². The van der Waals surface area contributed by atoms with E-state index in [2.05, 4.69) is 35.7 Å². The van der Waals surface area contributed by atoms with Crippen molar-refractivity contribution in [1.29, 1.82) is 0 Å². The maximum atomic E-state index is 13.3. The van der Waals surface area contributed by atoms with Gasteiger partial charge in [0, 0.05) is 45.1 Å². The Kier molecular flexibility index (Phi) is 5.40. The molecule has 0 amide bonds. The third-order valence-corrected chi connectivity index (χ3v) is 4.83. The molecular weight excluding hydrogens is 378 g/mol. The third kappa shape index (κ3) is 4.08. The highest BCUT2D eigenvalue weighted by molar-refractivity contribution is 9.10. The van der Waals surface area contributed by atoms with Crippen molar-refractivity contribution in [2.45, 2.75) is 25.4 Å². The summed E-state index contributed by atoms with van der Waals surface area (Å²) in [5.41, 5.74) is 0.803. The number of hydrogen-bond acceptors (Lipinski definition) is 4. The first-order valence-electron chi connectivity index (χ1n) is 7.89. The first-order valence-corrected chi connectivity index (χ1v) is 8.69. The van der Waals surface area contributed by atoms with Gasteiger partial charge in [-0.05, 0) is 46.5 Å².